The van der Waals surface area contributed by atoms with Gasteiger partial charge in [-0.2, -0.15) is 0 Å². The second-order valence-electron chi connectivity index (χ2n) is 4.85. The number of hydrogen-bond donors (Lipinski definition) is 1. The molecule has 0 aromatic heterocycles. The predicted molar refractivity (Wildman–Crippen MR) is 73.0 cm³/mol. The summed E-state index contributed by atoms with van der Waals surface area (Å²) in [5.74, 6) is 1.20. The SMILES string of the molecule is C=CCCN1C[C@@H](CN)[C@H](c2ccccc2)C1. The van der Waals surface area contributed by atoms with Crippen molar-refractivity contribution in [2.24, 2.45) is 11.7 Å². The van der Waals surface area contributed by atoms with Gasteiger partial charge in [-0.25, -0.2) is 0 Å². The zero-order valence-electron chi connectivity index (χ0n) is 10.4. The molecule has 2 heteroatoms. The molecule has 2 N–H and O–H groups in total. The average molecular weight is 230 g/mol. The van der Waals surface area contributed by atoms with Gasteiger partial charge in [0.25, 0.3) is 0 Å². The van der Waals surface area contributed by atoms with Crippen molar-refractivity contribution in [3.63, 3.8) is 0 Å². The molecule has 0 radical (unpaired) electrons. The van der Waals surface area contributed by atoms with Crippen LogP contribution in [0.5, 0.6) is 0 Å². The summed E-state index contributed by atoms with van der Waals surface area (Å²) in [4.78, 5) is 2.51. The van der Waals surface area contributed by atoms with Crippen molar-refractivity contribution in [1.82, 2.24) is 4.90 Å². The van der Waals surface area contributed by atoms with Gasteiger partial charge in [0.05, 0.1) is 0 Å². The molecule has 0 saturated carbocycles. The summed E-state index contributed by atoms with van der Waals surface area (Å²) in [7, 11) is 0. The lowest BCUT2D eigenvalue weighted by Crippen LogP contribution is -2.24. The molecular weight excluding hydrogens is 208 g/mol. The molecule has 1 aliphatic rings. The number of hydrogen-bond acceptors (Lipinski definition) is 2. The first kappa shape index (κ1) is 12.3. The van der Waals surface area contributed by atoms with Crippen molar-refractivity contribution in [3.8, 4) is 0 Å². The van der Waals surface area contributed by atoms with Crippen LogP contribution in [-0.2, 0) is 0 Å². The Balaban J connectivity index is 2.04. The molecule has 92 valence electrons. The maximum atomic E-state index is 5.91. The van der Waals surface area contributed by atoms with Crippen LogP contribution < -0.4 is 5.73 Å². The number of nitrogens with zero attached hydrogens (tertiary/aromatic N) is 1. The van der Waals surface area contributed by atoms with Crippen LogP contribution >= 0.6 is 0 Å². The molecule has 1 aromatic carbocycles. The van der Waals surface area contributed by atoms with E-state index < -0.39 is 0 Å². The highest BCUT2D eigenvalue weighted by Gasteiger charge is 2.32. The highest BCUT2D eigenvalue weighted by atomic mass is 15.2. The Kier molecular flexibility index (Phi) is 4.35. The van der Waals surface area contributed by atoms with Crippen LogP contribution in [0.4, 0.5) is 0 Å². The molecule has 0 bridgehead atoms. The van der Waals surface area contributed by atoms with E-state index in [0.29, 0.717) is 11.8 Å². The topological polar surface area (TPSA) is 29.3 Å². The second kappa shape index (κ2) is 5.99. The summed E-state index contributed by atoms with van der Waals surface area (Å²) in [6.45, 7) is 7.95. The quantitative estimate of drug-likeness (QED) is 0.786. The van der Waals surface area contributed by atoms with E-state index in [9.17, 15) is 0 Å². The summed E-state index contributed by atoms with van der Waals surface area (Å²) in [5, 5.41) is 0. The molecule has 1 fully saturated rings. The fraction of sp³-hybridized carbons (Fsp3) is 0.467. The Bertz CT molecular complexity index is 347. The van der Waals surface area contributed by atoms with Crippen LogP contribution in [0.2, 0.25) is 0 Å². The summed E-state index contributed by atoms with van der Waals surface area (Å²) in [6, 6.07) is 10.8. The first-order chi connectivity index (χ1) is 8.35. The Morgan fingerprint density at radius 2 is 2.06 bits per heavy atom. The van der Waals surface area contributed by atoms with Gasteiger partial charge in [-0.1, -0.05) is 36.4 Å². The molecule has 0 aliphatic carbocycles. The van der Waals surface area contributed by atoms with E-state index in [-0.39, 0.29) is 0 Å². The summed E-state index contributed by atoms with van der Waals surface area (Å²) in [5.41, 5.74) is 7.34. The minimum Gasteiger partial charge on any atom is -0.330 e. The largest absolute Gasteiger partial charge is 0.330 e. The number of nitrogens with two attached hydrogens (primary N) is 1. The van der Waals surface area contributed by atoms with E-state index in [2.05, 4.69) is 41.8 Å². The van der Waals surface area contributed by atoms with Crippen LogP contribution in [0.25, 0.3) is 0 Å². The van der Waals surface area contributed by atoms with Gasteiger partial charge in [0.15, 0.2) is 0 Å². The normalized spacial score (nSPS) is 25.0. The lowest BCUT2D eigenvalue weighted by molar-refractivity contribution is 0.331. The molecule has 1 saturated heterocycles. The molecule has 0 spiro atoms. The van der Waals surface area contributed by atoms with Crippen molar-refractivity contribution < 1.29 is 0 Å². The van der Waals surface area contributed by atoms with E-state index in [1.165, 1.54) is 5.56 Å². The van der Waals surface area contributed by atoms with Gasteiger partial charge in [0.2, 0.25) is 0 Å². The van der Waals surface area contributed by atoms with Crippen molar-refractivity contribution >= 4 is 0 Å². The lowest BCUT2D eigenvalue weighted by Gasteiger charge is -2.16. The molecule has 2 atom stereocenters. The van der Waals surface area contributed by atoms with Gasteiger partial charge < -0.3 is 10.6 Å². The van der Waals surface area contributed by atoms with Crippen LogP contribution in [0.15, 0.2) is 43.0 Å². The van der Waals surface area contributed by atoms with Gasteiger partial charge in [-0.05, 0) is 24.4 Å². The summed E-state index contributed by atoms with van der Waals surface area (Å²) >= 11 is 0. The molecule has 1 aliphatic heterocycles. The molecular formula is C15H22N2. The molecule has 1 heterocycles. The molecule has 2 rings (SSSR count). The Morgan fingerprint density at radius 3 is 2.71 bits per heavy atom. The van der Waals surface area contributed by atoms with Crippen molar-refractivity contribution in [2.75, 3.05) is 26.2 Å². The minimum absolute atomic E-state index is 0.599. The third-order valence-corrected chi connectivity index (χ3v) is 3.70. The third-order valence-electron chi connectivity index (χ3n) is 3.70. The Labute approximate surface area is 104 Å². The van der Waals surface area contributed by atoms with Gasteiger partial charge in [-0.3, -0.25) is 0 Å². The number of benzene rings is 1. The highest BCUT2D eigenvalue weighted by molar-refractivity contribution is 5.22. The van der Waals surface area contributed by atoms with E-state index in [0.717, 1.165) is 32.6 Å². The number of rotatable bonds is 5. The fourth-order valence-electron chi connectivity index (χ4n) is 2.73. The first-order valence-electron chi connectivity index (χ1n) is 6.43. The molecule has 17 heavy (non-hydrogen) atoms. The van der Waals surface area contributed by atoms with Crippen LogP contribution in [0.3, 0.4) is 0 Å². The fourth-order valence-corrected chi connectivity index (χ4v) is 2.73. The standard InChI is InChI=1S/C15H22N2/c1-2-3-9-17-11-14(10-16)15(12-17)13-7-5-4-6-8-13/h2,4-8,14-15H,1,3,9-12,16H2/t14-,15+/m1/s1. The predicted octanol–water partition coefficient (Wildman–Crippen LogP) is 2.24. The average Bonchev–Trinajstić information content (AvgIpc) is 2.80. The van der Waals surface area contributed by atoms with Crippen molar-refractivity contribution in [2.45, 2.75) is 12.3 Å². The van der Waals surface area contributed by atoms with Crippen molar-refractivity contribution in [1.29, 1.82) is 0 Å². The smallest absolute Gasteiger partial charge is 0.00542 e. The van der Waals surface area contributed by atoms with Gasteiger partial charge in [-0.15, -0.1) is 6.58 Å². The van der Waals surface area contributed by atoms with Gasteiger partial charge >= 0.3 is 0 Å². The van der Waals surface area contributed by atoms with Crippen LogP contribution in [-0.4, -0.2) is 31.1 Å². The van der Waals surface area contributed by atoms with E-state index in [1.807, 2.05) is 6.08 Å². The zero-order valence-corrected chi connectivity index (χ0v) is 10.4. The molecule has 1 aromatic rings. The first-order valence-corrected chi connectivity index (χ1v) is 6.43. The van der Waals surface area contributed by atoms with E-state index in [1.54, 1.807) is 0 Å². The molecule has 0 amide bonds. The zero-order chi connectivity index (χ0) is 12.1. The Hall–Kier alpha value is -1.12. The van der Waals surface area contributed by atoms with Gasteiger partial charge in [0, 0.05) is 25.6 Å². The summed E-state index contributed by atoms with van der Waals surface area (Å²) < 4.78 is 0. The van der Waals surface area contributed by atoms with E-state index in [4.69, 9.17) is 5.73 Å². The Morgan fingerprint density at radius 1 is 1.29 bits per heavy atom. The minimum atomic E-state index is 0.599. The maximum Gasteiger partial charge on any atom is 0.00542 e. The number of likely N-dealkylation sites (tertiary alicyclic amines) is 1. The third kappa shape index (κ3) is 2.96. The molecule has 2 nitrogen and oxygen atoms in total. The highest BCUT2D eigenvalue weighted by Crippen LogP contribution is 2.31. The lowest BCUT2D eigenvalue weighted by atomic mass is 9.89. The van der Waals surface area contributed by atoms with E-state index >= 15 is 0 Å². The monoisotopic (exact) mass is 230 g/mol. The van der Waals surface area contributed by atoms with Crippen LogP contribution in [0.1, 0.15) is 17.9 Å². The molecule has 0 unspecified atom stereocenters. The van der Waals surface area contributed by atoms with Crippen molar-refractivity contribution in [3.05, 3.63) is 48.6 Å². The maximum absolute atomic E-state index is 5.91. The van der Waals surface area contributed by atoms with Crippen LogP contribution in [0, 0.1) is 5.92 Å². The van der Waals surface area contributed by atoms with Gasteiger partial charge in [0.1, 0.15) is 0 Å². The second-order valence-corrected chi connectivity index (χ2v) is 4.85. The summed E-state index contributed by atoms with van der Waals surface area (Å²) in [6.07, 6.45) is 3.06.